The maximum Gasteiger partial charge on any atom is 0.123 e. The third kappa shape index (κ3) is 2.58. The molecule has 0 unspecified atom stereocenters. The van der Waals surface area contributed by atoms with Crippen LogP contribution in [-0.4, -0.2) is 10.7 Å². The largest absolute Gasteiger partial charge is 0.241 e. The Bertz CT molecular complexity index is 436. The molecule has 2 rings (SSSR count). The Hall–Kier alpha value is -0.870. The number of aromatic nitrogens is 1. The van der Waals surface area contributed by atoms with E-state index in [0.29, 0.717) is 0 Å². The molecule has 15 heavy (non-hydrogen) atoms. The molecule has 0 N–H and O–H groups in total. The molecule has 0 atom stereocenters. The minimum Gasteiger partial charge on any atom is -0.241 e. The molecule has 1 aromatic heterocycles. The van der Waals surface area contributed by atoms with Crippen LogP contribution in [0, 0.1) is 5.82 Å². The van der Waals surface area contributed by atoms with Gasteiger partial charge in [-0.1, -0.05) is 0 Å². The van der Waals surface area contributed by atoms with Gasteiger partial charge in [0.15, 0.2) is 0 Å². The summed E-state index contributed by atoms with van der Waals surface area (Å²) in [6.07, 6.45) is 0.876. The van der Waals surface area contributed by atoms with Gasteiger partial charge in [-0.25, -0.2) is 9.37 Å². The molecule has 0 spiro atoms. The van der Waals surface area contributed by atoms with Gasteiger partial charge in [0.25, 0.3) is 0 Å². The van der Waals surface area contributed by atoms with Crippen molar-refractivity contribution in [1.82, 2.24) is 4.98 Å². The standard InChI is InChI=1S/C11H10FNS2/c12-9-3-1-8(2-4-9)11-13-10(5-6-14)7-15-11/h1-4,7,14H,5-6H2. The molecule has 0 saturated heterocycles. The summed E-state index contributed by atoms with van der Waals surface area (Å²) >= 11 is 5.74. The highest BCUT2D eigenvalue weighted by atomic mass is 32.1. The number of nitrogens with zero attached hydrogens (tertiary/aromatic N) is 1. The summed E-state index contributed by atoms with van der Waals surface area (Å²) in [6.45, 7) is 0. The maximum absolute atomic E-state index is 12.7. The number of hydrogen-bond acceptors (Lipinski definition) is 3. The SMILES string of the molecule is Fc1ccc(-c2nc(CCS)cs2)cc1. The number of thiazole rings is 1. The molecule has 1 heterocycles. The molecular weight excluding hydrogens is 229 g/mol. The van der Waals surface area contributed by atoms with Crippen molar-refractivity contribution >= 4 is 24.0 Å². The Morgan fingerprint density at radius 2 is 2.00 bits per heavy atom. The van der Waals surface area contributed by atoms with Crippen LogP contribution in [0.2, 0.25) is 0 Å². The predicted octanol–water partition coefficient (Wildman–Crippen LogP) is 3.42. The van der Waals surface area contributed by atoms with Crippen molar-refractivity contribution in [3.8, 4) is 10.6 Å². The van der Waals surface area contributed by atoms with Crippen LogP contribution in [0.15, 0.2) is 29.6 Å². The topological polar surface area (TPSA) is 12.9 Å². The van der Waals surface area contributed by atoms with Gasteiger partial charge in [-0.3, -0.25) is 0 Å². The van der Waals surface area contributed by atoms with Crippen molar-refractivity contribution in [2.45, 2.75) is 6.42 Å². The van der Waals surface area contributed by atoms with Crippen LogP contribution >= 0.6 is 24.0 Å². The molecule has 4 heteroatoms. The van der Waals surface area contributed by atoms with Crippen LogP contribution in [-0.2, 0) is 6.42 Å². The number of benzene rings is 1. The van der Waals surface area contributed by atoms with Crippen LogP contribution in [0.1, 0.15) is 5.69 Å². The summed E-state index contributed by atoms with van der Waals surface area (Å²) in [5.74, 6) is 0.581. The first-order chi connectivity index (χ1) is 7.29. The van der Waals surface area contributed by atoms with Gasteiger partial charge in [0.05, 0.1) is 5.69 Å². The first kappa shape index (κ1) is 10.6. The highest BCUT2D eigenvalue weighted by molar-refractivity contribution is 7.80. The Morgan fingerprint density at radius 3 is 2.67 bits per heavy atom. The zero-order valence-electron chi connectivity index (χ0n) is 7.98. The van der Waals surface area contributed by atoms with E-state index < -0.39 is 0 Å². The Balaban J connectivity index is 2.25. The Morgan fingerprint density at radius 1 is 1.27 bits per heavy atom. The monoisotopic (exact) mass is 239 g/mol. The zero-order chi connectivity index (χ0) is 10.7. The van der Waals surface area contributed by atoms with E-state index in [2.05, 4.69) is 17.6 Å². The van der Waals surface area contributed by atoms with Crippen LogP contribution in [0.3, 0.4) is 0 Å². The van der Waals surface area contributed by atoms with E-state index in [-0.39, 0.29) is 5.82 Å². The van der Waals surface area contributed by atoms with Crippen LogP contribution < -0.4 is 0 Å². The van der Waals surface area contributed by atoms with Crippen molar-refractivity contribution in [2.24, 2.45) is 0 Å². The Labute approximate surface area is 97.4 Å². The second kappa shape index (κ2) is 4.77. The molecule has 1 aromatic carbocycles. The van der Waals surface area contributed by atoms with Crippen molar-refractivity contribution in [2.75, 3.05) is 5.75 Å². The Kier molecular flexibility index (Phi) is 3.38. The van der Waals surface area contributed by atoms with E-state index in [9.17, 15) is 4.39 Å². The molecular formula is C11H10FNS2. The van der Waals surface area contributed by atoms with Crippen molar-refractivity contribution < 1.29 is 4.39 Å². The summed E-state index contributed by atoms with van der Waals surface area (Å²) in [7, 11) is 0. The molecule has 0 amide bonds. The van der Waals surface area contributed by atoms with Gasteiger partial charge in [0.2, 0.25) is 0 Å². The van der Waals surface area contributed by atoms with Gasteiger partial charge in [-0.15, -0.1) is 11.3 Å². The summed E-state index contributed by atoms with van der Waals surface area (Å²) < 4.78 is 12.7. The normalized spacial score (nSPS) is 10.5. The van der Waals surface area contributed by atoms with Gasteiger partial charge < -0.3 is 0 Å². The smallest absolute Gasteiger partial charge is 0.123 e. The number of hydrogen-bond donors (Lipinski definition) is 1. The van der Waals surface area contributed by atoms with Gasteiger partial charge in [0.1, 0.15) is 10.8 Å². The first-order valence-electron chi connectivity index (χ1n) is 4.61. The highest BCUT2D eigenvalue weighted by Crippen LogP contribution is 2.23. The molecule has 2 aromatic rings. The number of aryl methyl sites for hydroxylation is 1. The zero-order valence-corrected chi connectivity index (χ0v) is 9.69. The minimum atomic E-state index is -0.217. The van der Waals surface area contributed by atoms with Crippen LogP contribution in [0.5, 0.6) is 0 Å². The van der Waals surface area contributed by atoms with E-state index in [1.54, 1.807) is 23.5 Å². The molecule has 78 valence electrons. The third-order valence-electron chi connectivity index (χ3n) is 2.01. The van der Waals surface area contributed by atoms with Crippen LogP contribution in [0.25, 0.3) is 10.6 Å². The van der Waals surface area contributed by atoms with Crippen molar-refractivity contribution in [1.29, 1.82) is 0 Å². The van der Waals surface area contributed by atoms with Crippen molar-refractivity contribution in [3.05, 3.63) is 41.2 Å². The van der Waals surface area contributed by atoms with Gasteiger partial charge in [0, 0.05) is 10.9 Å². The highest BCUT2D eigenvalue weighted by Gasteiger charge is 2.03. The lowest BCUT2D eigenvalue weighted by Gasteiger charge is -1.95. The second-order valence-corrected chi connectivity index (χ2v) is 4.43. The first-order valence-corrected chi connectivity index (χ1v) is 6.12. The molecule has 0 aliphatic carbocycles. The molecule has 0 radical (unpaired) electrons. The van der Waals surface area contributed by atoms with E-state index >= 15 is 0 Å². The molecule has 1 nitrogen and oxygen atoms in total. The average molecular weight is 239 g/mol. The third-order valence-corrected chi connectivity index (χ3v) is 3.17. The fourth-order valence-electron chi connectivity index (χ4n) is 1.26. The van der Waals surface area contributed by atoms with Gasteiger partial charge >= 0.3 is 0 Å². The predicted molar refractivity (Wildman–Crippen MR) is 65.1 cm³/mol. The van der Waals surface area contributed by atoms with Crippen molar-refractivity contribution in [3.63, 3.8) is 0 Å². The fraction of sp³-hybridized carbons (Fsp3) is 0.182. The van der Waals surface area contributed by atoms with E-state index in [1.807, 2.05) is 5.38 Å². The van der Waals surface area contributed by atoms with E-state index in [0.717, 1.165) is 28.4 Å². The van der Waals surface area contributed by atoms with Gasteiger partial charge in [-0.05, 0) is 36.4 Å². The summed E-state index contributed by atoms with van der Waals surface area (Å²) in [5, 5.41) is 2.96. The summed E-state index contributed by atoms with van der Waals surface area (Å²) in [4.78, 5) is 4.45. The minimum absolute atomic E-state index is 0.217. The lowest BCUT2D eigenvalue weighted by molar-refractivity contribution is 0.628. The molecule has 0 aliphatic heterocycles. The number of halogens is 1. The van der Waals surface area contributed by atoms with E-state index in [1.165, 1.54) is 12.1 Å². The molecule has 0 saturated carbocycles. The molecule has 0 aliphatic rings. The lowest BCUT2D eigenvalue weighted by Crippen LogP contribution is -1.85. The quantitative estimate of drug-likeness (QED) is 0.810. The van der Waals surface area contributed by atoms with E-state index in [4.69, 9.17) is 0 Å². The lowest BCUT2D eigenvalue weighted by atomic mass is 10.2. The second-order valence-electron chi connectivity index (χ2n) is 3.12. The molecule has 0 bridgehead atoms. The number of rotatable bonds is 3. The average Bonchev–Trinajstić information content (AvgIpc) is 2.68. The summed E-state index contributed by atoms with van der Waals surface area (Å²) in [5.41, 5.74) is 2.01. The number of thiol groups is 1. The van der Waals surface area contributed by atoms with Crippen LogP contribution in [0.4, 0.5) is 4.39 Å². The van der Waals surface area contributed by atoms with Gasteiger partial charge in [-0.2, -0.15) is 12.6 Å². The fourth-order valence-corrected chi connectivity index (χ4v) is 2.35. The molecule has 0 fully saturated rings. The maximum atomic E-state index is 12.7. The summed E-state index contributed by atoms with van der Waals surface area (Å²) in [6, 6.07) is 6.40.